The van der Waals surface area contributed by atoms with Crippen LogP contribution in [0.25, 0.3) is 6.08 Å². The topological polar surface area (TPSA) is 96.5 Å². The number of aromatic nitrogens is 1. The molecule has 1 N–H and O–H groups in total. The Morgan fingerprint density at radius 1 is 1.12 bits per heavy atom. The molecule has 0 unspecified atom stereocenters. The van der Waals surface area contributed by atoms with Gasteiger partial charge in [0.15, 0.2) is 4.80 Å². The molecule has 0 bridgehead atoms. The molecule has 0 aliphatic carbocycles. The largest absolute Gasteiger partial charge is 0.488 e. The van der Waals surface area contributed by atoms with Crippen LogP contribution in [0, 0.1) is 11.3 Å². The Labute approximate surface area is 259 Å². The minimum absolute atomic E-state index is 0.266. The number of anilines is 1. The number of nitrogens with zero attached hydrogens (tertiary/aromatic N) is 3. The third-order valence-corrected chi connectivity index (χ3v) is 8.99. The zero-order valence-corrected chi connectivity index (χ0v) is 25.2. The van der Waals surface area contributed by atoms with Crippen molar-refractivity contribution in [3.63, 3.8) is 0 Å². The Hall–Kier alpha value is -4.75. The van der Waals surface area contributed by atoms with E-state index in [0.717, 1.165) is 10.4 Å². The summed E-state index contributed by atoms with van der Waals surface area (Å²) >= 11 is 9.08. The van der Waals surface area contributed by atoms with E-state index >= 15 is 0 Å². The lowest BCUT2D eigenvalue weighted by atomic mass is 10.0. The average Bonchev–Trinajstić information content (AvgIpc) is 3.65. The summed E-state index contributed by atoms with van der Waals surface area (Å²) in [6.45, 7) is 2.07. The number of nitrogens with one attached hydrogen (secondary N) is 1. The third-order valence-electron chi connectivity index (χ3n) is 6.85. The van der Waals surface area contributed by atoms with Gasteiger partial charge in [-0.05, 0) is 72.5 Å². The number of carbonyl (C=O) groups excluding carboxylic acids is 1. The molecule has 0 spiro atoms. The van der Waals surface area contributed by atoms with Crippen molar-refractivity contribution < 1.29 is 9.53 Å². The molecule has 1 atom stereocenters. The van der Waals surface area contributed by atoms with Crippen LogP contribution in [0.15, 0.2) is 111 Å². The number of amides is 1. The van der Waals surface area contributed by atoms with Crippen molar-refractivity contribution in [1.29, 1.82) is 5.26 Å². The molecule has 7 nitrogen and oxygen atoms in total. The van der Waals surface area contributed by atoms with Gasteiger partial charge in [-0.1, -0.05) is 59.3 Å². The van der Waals surface area contributed by atoms with Gasteiger partial charge in [0.1, 0.15) is 18.4 Å². The molecule has 0 radical (unpaired) electrons. The summed E-state index contributed by atoms with van der Waals surface area (Å²) in [5, 5.41) is 14.4. The number of halogens is 1. The van der Waals surface area contributed by atoms with E-state index < -0.39 is 6.04 Å². The fourth-order valence-corrected chi connectivity index (χ4v) is 6.83. The van der Waals surface area contributed by atoms with Gasteiger partial charge in [-0.3, -0.25) is 14.2 Å². The number of benzene rings is 3. The Kier molecular flexibility index (Phi) is 8.07. The summed E-state index contributed by atoms with van der Waals surface area (Å²) in [6.07, 6.45) is 1.75. The highest BCUT2D eigenvalue weighted by atomic mass is 35.5. The molecule has 212 valence electrons. The van der Waals surface area contributed by atoms with Gasteiger partial charge >= 0.3 is 0 Å². The second-order valence-electron chi connectivity index (χ2n) is 9.70. The number of nitriles is 1. The van der Waals surface area contributed by atoms with Gasteiger partial charge in [0, 0.05) is 21.2 Å². The molecule has 5 aromatic rings. The number of ether oxygens (including phenoxy) is 1. The zero-order chi connectivity index (χ0) is 29.9. The monoisotopic (exact) mass is 622 g/mol. The first-order valence-corrected chi connectivity index (χ1v) is 15.3. The molecule has 10 heteroatoms. The van der Waals surface area contributed by atoms with Crippen LogP contribution < -0.4 is 24.9 Å². The van der Waals surface area contributed by atoms with Crippen molar-refractivity contribution in [1.82, 2.24) is 4.57 Å². The number of para-hydroxylation sites is 1. The van der Waals surface area contributed by atoms with Crippen LogP contribution in [-0.2, 0) is 11.4 Å². The summed E-state index contributed by atoms with van der Waals surface area (Å²) in [7, 11) is 0. The van der Waals surface area contributed by atoms with Gasteiger partial charge < -0.3 is 10.1 Å². The first-order valence-electron chi connectivity index (χ1n) is 13.2. The van der Waals surface area contributed by atoms with Crippen LogP contribution in [0.1, 0.15) is 34.5 Å². The molecule has 3 heterocycles. The molecular formula is C33H23ClN4O3S2. The van der Waals surface area contributed by atoms with E-state index in [1.807, 2.05) is 60.0 Å². The van der Waals surface area contributed by atoms with E-state index in [1.165, 1.54) is 22.7 Å². The number of allylic oxidation sites excluding steroid dienone is 1. The van der Waals surface area contributed by atoms with Gasteiger partial charge in [-0.2, -0.15) is 5.26 Å². The summed E-state index contributed by atoms with van der Waals surface area (Å²) in [6, 6.07) is 26.9. The van der Waals surface area contributed by atoms with Gasteiger partial charge in [0.2, 0.25) is 0 Å². The van der Waals surface area contributed by atoms with Crippen molar-refractivity contribution in [2.24, 2.45) is 4.99 Å². The van der Waals surface area contributed by atoms with Crippen molar-refractivity contribution in [3.05, 3.63) is 148 Å². The molecule has 0 fully saturated rings. The second kappa shape index (κ2) is 12.2. The van der Waals surface area contributed by atoms with E-state index in [1.54, 1.807) is 47.9 Å². The van der Waals surface area contributed by atoms with Crippen molar-refractivity contribution >= 4 is 51.9 Å². The Balaban J connectivity index is 1.39. The number of fused-ring (bicyclic) bond motifs is 1. The lowest BCUT2D eigenvalue weighted by molar-refractivity contribution is -0.113. The molecule has 1 amide bonds. The van der Waals surface area contributed by atoms with Crippen molar-refractivity contribution in [2.75, 3.05) is 5.32 Å². The number of hydrogen-bond acceptors (Lipinski definition) is 7. The van der Waals surface area contributed by atoms with Crippen LogP contribution in [-0.4, -0.2) is 10.5 Å². The second-order valence-corrected chi connectivity index (χ2v) is 12.1. The van der Waals surface area contributed by atoms with Crippen LogP contribution >= 0.6 is 34.3 Å². The Bertz CT molecular complexity index is 2070. The van der Waals surface area contributed by atoms with Gasteiger partial charge in [-0.25, -0.2) is 4.99 Å². The predicted octanol–water partition coefficient (Wildman–Crippen LogP) is 6.04. The van der Waals surface area contributed by atoms with E-state index in [9.17, 15) is 9.59 Å². The fraction of sp³-hybridized carbons (Fsp3) is 0.0909. The molecule has 3 aromatic carbocycles. The lowest BCUT2D eigenvalue weighted by Gasteiger charge is -2.24. The molecule has 0 saturated heterocycles. The minimum atomic E-state index is -0.631. The first-order chi connectivity index (χ1) is 20.9. The highest BCUT2D eigenvalue weighted by Gasteiger charge is 2.33. The zero-order valence-electron chi connectivity index (χ0n) is 22.8. The van der Waals surface area contributed by atoms with Crippen LogP contribution in [0.2, 0.25) is 5.02 Å². The molecule has 1 aliphatic heterocycles. The molecule has 1 aliphatic rings. The summed E-state index contributed by atoms with van der Waals surface area (Å²) < 4.78 is 8.14. The van der Waals surface area contributed by atoms with Gasteiger partial charge in [0.05, 0.1) is 27.4 Å². The quantitative estimate of drug-likeness (QED) is 0.239. The summed E-state index contributed by atoms with van der Waals surface area (Å²) in [5.41, 5.74) is 3.46. The smallest absolute Gasteiger partial charge is 0.271 e. The van der Waals surface area contributed by atoms with E-state index in [4.69, 9.17) is 26.6 Å². The highest BCUT2D eigenvalue weighted by molar-refractivity contribution is 7.10. The number of hydrogen-bond donors (Lipinski definition) is 1. The number of thiophene rings is 1. The summed E-state index contributed by atoms with van der Waals surface area (Å²) in [4.78, 5) is 33.7. The number of carbonyl (C=O) groups is 1. The van der Waals surface area contributed by atoms with Gasteiger partial charge in [0.25, 0.3) is 11.5 Å². The summed E-state index contributed by atoms with van der Waals surface area (Å²) in [5.74, 6) is 0.238. The lowest BCUT2D eigenvalue weighted by Crippen LogP contribution is -2.40. The molecule has 2 aromatic heterocycles. The fourth-order valence-electron chi connectivity index (χ4n) is 4.79. The van der Waals surface area contributed by atoms with Crippen LogP contribution in [0.3, 0.4) is 0 Å². The van der Waals surface area contributed by atoms with E-state index in [2.05, 4.69) is 11.4 Å². The predicted molar refractivity (Wildman–Crippen MR) is 170 cm³/mol. The van der Waals surface area contributed by atoms with Crippen molar-refractivity contribution in [3.8, 4) is 11.8 Å². The maximum Gasteiger partial charge on any atom is 0.271 e. The molecule has 43 heavy (non-hydrogen) atoms. The maximum atomic E-state index is 14.0. The normalized spacial score (nSPS) is 14.5. The van der Waals surface area contributed by atoms with E-state index in [-0.39, 0.29) is 18.1 Å². The van der Waals surface area contributed by atoms with Gasteiger partial charge in [-0.15, -0.1) is 11.3 Å². The highest BCUT2D eigenvalue weighted by Crippen LogP contribution is 2.33. The SMILES string of the molecule is CC1=C(C(=O)Nc2ccccc2)[C@H](c2cccs2)n2c(s/c(=C/c3cc(Cl)ccc3OCc3ccc(C#N)cc3)c2=O)=N1. The van der Waals surface area contributed by atoms with Crippen LogP contribution in [0.4, 0.5) is 5.69 Å². The number of rotatable bonds is 7. The van der Waals surface area contributed by atoms with Crippen LogP contribution in [0.5, 0.6) is 5.75 Å². The molecule has 0 saturated carbocycles. The Morgan fingerprint density at radius 2 is 1.91 bits per heavy atom. The standard InChI is InChI=1S/C33H23ClN4O3S2/c1-20-29(31(39)37-25-6-3-2-4-7-25)30(27-8-5-15-42-27)38-32(40)28(43-33(38)36-20)17-23-16-24(34)13-14-26(23)41-19-22-11-9-21(18-35)10-12-22/h2-17,30H,19H2,1H3,(H,37,39)/b28-17+/t30-/m0/s1. The maximum absolute atomic E-state index is 14.0. The molecule has 6 rings (SSSR count). The Morgan fingerprint density at radius 3 is 2.63 bits per heavy atom. The average molecular weight is 623 g/mol. The van der Waals surface area contributed by atoms with E-state index in [0.29, 0.717) is 48.2 Å². The minimum Gasteiger partial charge on any atom is -0.488 e. The number of thiazole rings is 1. The third kappa shape index (κ3) is 5.94. The molecular weight excluding hydrogens is 600 g/mol. The first kappa shape index (κ1) is 28.4. The van der Waals surface area contributed by atoms with Crippen molar-refractivity contribution in [2.45, 2.75) is 19.6 Å².